The second kappa shape index (κ2) is 6.73. The van der Waals surface area contributed by atoms with Crippen molar-refractivity contribution >= 4 is 17.1 Å². The summed E-state index contributed by atoms with van der Waals surface area (Å²) >= 11 is 1.72. The van der Waals surface area contributed by atoms with E-state index in [1.807, 2.05) is 6.07 Å². The Labute approximate surface area is 152 Å². The van der Waals surface area contributed by atoms with Gasteiger partial charge < -0.3 is 4.74 Å². The molecular formula is C23H20OS. The van der Waals surface area contributed by atoms with Crippen molar-refractivity contribution in [3.05, 3.63) is 105 Å². The number of fused-ring (bicyclic) bond motifs is 1. The summed E-state index contributed by atoms with van der Waals surface area (Å²) in [5.41, 5.74) is 5.08. The van der Waals surface area contributed by atoms with Gasteiger partial charge in [0.05, 0.1) is 4.88 Å². The van der Waals surface area contributed by atoms with Crippen LogP contribution in [-0.4, -0.2) is 0 Å². The highest BCUT2D eigenvalue weighted by molar-refractivity contribution is 7.11. The van der Waals surface area contributed by atoms with Crippen molar-refractivity contribution in [3.63, 3.8) is 0 Å². The topological polar surface area (TPSA) is 9.23 Å². The number of hydrogen-bond acceptors (Lipinski definition) is 2. The molecule has 0 amide bonds. The van der Waals surface area contributed by atoms with Gasteiger partial charge in [-0.25, -0.2) is 0 Å². The highest BCUT2D eigenvalue weighted by atomic mass is 32.1. The molecule has 2 heteroatoms. The molecule has 0 saturated carbocycles. The lowest BCUT2D eigenvalue weighted by Gasteiger charge is -2.30. The molecule has 0 saturated heterocycles. The van der Waals surface area contributed by atoms with Crippen LogP contribution in [0.5, 0.6) is 5.75 Å². The molecule has 1 aliphatic rings. The first-order chi connectivity index (χ1) is 12.3. The molecule has 0 N–H and O–H groups in total. The van der Waals surface area contributed by atoms with Gasteiger partial charge in [0.15, 0.2) is 0 Å². The van der Waals surface area contributed by atoms with E-state index in [-0.39, 0.29) is 5.92 Å². The van der Waals surface area contributed by atoms with E-state index in [0.717, 1.165) is 11.5 Å². The molecule has 0 aliphatic carbocycles. The maximum atomic E-state index is 6.37. The third-order valence-electron chi connectivity index (χ3n) is 4.61. The van der Waals surface area contributed by atoms with Crippen LogP contribution < -0.4 is 4.74 Å². The Morgan fingerprint density at radius 3 is 2.40 bits per heavy atom. The molecule has 1 unspecified atom stereocenters. The van der Waals surface area contributed by atoms with E-state index in [1.165, 1.54) is 27.1 Å². The van der Waals surface area contributed by atoms with Gasteiger partial charge in [-0.05, 0) is 42.5 Å². The largest absolute Gasteiger partial charge is 0.455 e. The van der Waals surface area contributed by atoms with Crippen LogP contribution in [0.4, 0.5) is 0 Å². The summed E-state index contributed by atoms with van der Waals surface area (Å²) in [5.74, 6) is 2.10. The molecule has 1 nitrogen and oxygen atoms in total. The Kier molecular flexibility index (Phi) is 4.29. The number of benzene rings is 2. The van der Waals surface area contributed by atoms with E-state index in [1.54, 1.807) is 11.3 Å². The molecule has 2 aromatic carbocycles. The fourth-order valence-electron chi connectivity index (χ4n) is 3.48. The molecule has 25 heavy (non-hydrogen) atoms. The molecule has 1 aliphatic heterocycles. The first kappa shape index (κ1) is 15.9. The van der Waals surface area contributed by atoms with E-state index in [9.17, 15) is 0 Å². The first-order valence-corrected chi connectivity index (χ1v) is 9.40. The summed E-state index contributed by atoms with van der Waals surface area (Å²) in [6, 6.07) is 21.2. The average molecular weight is 344 g/mol. The number of allylic oxidation sites excluding steroid dienone is 3. The van der Waals surface area contributed by atoms with Gasteiger partial charge in [0.2, 0.25) is 0 Å². The average Bonchev–Trinajstić information content (AvgIpc) is 3.17. The fourth-order valence-corrected chi connectivity index (χ4v) is 4.20. The predicted octanol–water partition coefficient (Wildman–Crippen LogP) is 6.57. The normalized spacial score (nSPS) is 16.8. The van der Waals surface area contributed by atoms with Crippen LogP contribution in [0, 0.1) is 6.92 Å². The summed E-state index contributed by atoms with van der Waals surface area (Å²) < 4.78 is 6.37. The van der Waals surface area contributed by atoms with E-state index in [0.29, 0.717) is 0 Å². The summed E-state index contributed by atoms with van der Waals surface area (Å²) in [6.45, 7) is 4.25. The summed E-state index contributed by atoms with van der Waals surface area (Å²) in [7, 11) is 0. The standard InChI is InChI=1S/C23H20OS/c1-3-9-19-22(17-11-5-4-10-16(17)2)18-12-6-7-13-20(18)24-23(19)21-14-8-15-25-21/h3-15,22H,1-2H3. The van der Waals surface area contributed by atoms with E-state index >= 15 is 0 Å². The van der Waals surface area contributed by atoms with Crippen LogP contribution in [-0.2, 0) is 0 Å². The van der Waals surface area contributed by atoms with Gasteiger partial charge >= 0.3 is 0 Å². The van der Waals surface area contributed by atoms with Crippen molar-refractivity contribution in [1.82, 2.24) is 0 Å². The molecule has 4 rings (SSSR count). The number of para-hydroxylation sites is 1. The molecule has 1 aromatic heterocycles. The van der Waals surface area contributed by atoms with Gasteiger partial charge in [0.1, 0.15) is 11.5 Å². The van der Waals surface area contributed by atoms with Crippen LogP contribution in [0.2, 0.25) is 0 Å². The van der Waals surface area contributed by atoms with Gasteiger partial charge in [0, 0.05) is 17.1 Å². The molecule has 0 bridgehead atoms. The predicted molar refractivity (Wildman–Crippen MR) is 106 cm³/mol. The van der Waals surface area contributed by atoms with Gasteiger partial charge in [-0.1, -0.05) is 60.7 Å². The van der Waals surface area contributed by atoms with Crippen molar-refractivity contribution in [2.45, 2.75) is 19.8 Å². The van der Waals surface area contributed by atoms with Crippen molar-refractivity contribution in [2.24, 2.45) is 0 Å². The Morgan fingerprint density at radius 2 is 1.68 bits per heavy atom. The highest BCUT2D eigenvalue weighted by Gasteiger charge is 2.31. The Morgan fingerprint density at radius 1 is 0.920 bits per heavy atom. The molecule has 1 atom stereocenters. The van der Waals surface area contributed by atoms with Crippen LogP contribution in [0.25, 0.3) is 5.76 Å². The second-order valence-electron chi connectivity index (χ2n) is 6.19. The monoisotopic (exact) mass is 344 g/mol. The minimum atomic E-state index is 0.180. The van der Waals surface area contributed by atoms with Crippen LogP contribution in [0.3, 0.4) is 0 Å². The van der Waals surface area contributed by atoms with Gasteiger partial charge in [-0.15, -0.1) is 11.3 Å². The van der Waals surface area contributed by atoms with Crippen molar-refractivity contribution in [2.75, 3.05) is 0 Å². The van der Waals surface area contributed by atoms with Crippen molar-refractivity contribution < 1.29 is 4.74 Å². The minimum absolute atomic E-state index is 0.180. The number of thiophene rings is 1. The molecule has 124 valence electrons. The summed E-state index contributed by atoms with van der Waals surface area (Å²) in [5, 5.41) is 2.10. The van der Waals surface area contributed by atoms with Gasteiger partial charge in [-0.3, -0.25) is 0 Å². The number of ether oxygens (including phenoxy) is 1. The lowest BCUT2D eigenvalue weighted by Crippen LogP contribution is -2.15. The van der Waals surface area contributed by atoms with Gasteiger partial charge in [-0.2, -0.15) is 0 Å². The Balaban J connectivity index is 2.01. The third kappa shape index (κ3) is 2.83. The minimum Gasteiger partial charge on any atom is -0.455 e. The molecular weight excluding hydrogens is 324 g/mol. The van der Waals surface area contributed by atoms with Crippen LogP contribution in [0.15, 0.2) is 83.8 Å². The lowest BCUT2D eigenvalue weighted by atomic mass is 9.80. The fraction of sp³-hybridized carbons (Fsp3) is 0.130. The van der Waals surface area contributed by atoms with Gasteiger partial charge in [0.25, 0.3) is 0 Å². The van der Waals surface area contributed by atoms with Crippen molar-refractivity contribution in [3.8, 4) is 5.75 Å². The maximum Gasteiger partial charge on any atom is 0.148 e. The van der Waals surface area contributed by atoms with E-state index < -0.39 is 0 Å². The van der Waals surface area contributed by atoms with Crippen molar-refractivity contribution in [1.29, 1.82) is 0 Å². The van der Waals surface area contributed by atoms with E-state index in [4.69, 9.17) is 4.74 Å². The maximum absolute atomic E-state index is 6.37. The second-order valence-corrected chi connectivity index (χ2v) is 7.14. The third-order valence-corrected chi connectivity index (χ3v) is 5.47. The van der Waals surface area contributed by atoms with Crippen LogP contribution >= 0.6 is 11.3 Å². The Bertz CT molecular complexity index is 948. The number of hydrogen-bond donors (Lipinski definition) is 0. The molecule has 0 spiro atoms. The zero-order chi connectivity index (χ0) is 17.2. The number of rotatable bonds is 3. The molecule has 2 heterocycles. The molecule has 0 fully saturated rings. The lowest BCUT2D eigenvalue weighted by molar-refractivity contribution is 0.488. The summed E-state index contributed by atoms with van der Waals surface area (Å²) in [4.78, 5) is 1.17. The highest BCUT2D eigenvalue weighted by Crippen LogP contribution is 2.47. The number of aryl methyl sites for hydroxylation is 1. The Hall–Kier alpha value is -2.58. The zero-order valence-electron chi connectivity index (χ0n) is 14.4. The molecule has 0 radical (unpaired) electrons. The van der Waals surface area contributed by atoms with Crippen LogP contribution in [0.1, 0.15) is 34.4 Å². The first-order valence-electron chi connectivity index (χ1n) is 8.52. The van der Waals surface area contributed by atoms with E-state index in [2.05, 4.69) is 86.0 Å². The molecule has 3 aromatic rings. The smallest absolute Gasteiger partial charge is 0.148 e. The summed E-state index contributed by atoms with van der Waals surface area (Å²) in [6.07, 6.45) is 4.30. The quantitative estimate of drug-likeness (QED) is 0.522. The SMILES string of the molecule is CC=CC1=C(c2cccs2)Oc2ccccc2C1c1ccccc1C. The zero-order valence-corrected chi connectivity index (χ0v) is 15.2.